The molecule has 0 bridgehead atoms. The number of aromatic nitrogens is 1. The van der Waals surface area contributed by atoms with Gasteiger partial charge in [0.05, 0.1) is 28.8 Å². The molecule has 1 aromatic heterocycles. The summed E-state index contributed by atoms with van der Waals surface area (Å²) < 4.78 is 35.4. The van der Waals surface area contributed by atoms with Gasteiger partial charge >= 0.3 is 0 Å². The van der Waals surface area contributed by atoms with E-state index in [9.17, 15) is 18.5 Å². The second-order valence-electron chi connectivity index (χ2n) is 7.86. The minimum Gasteiger partial charge on any atom is -0.493 e. The fraction of sp³-hybridized carbons (Fsp3) is 0.320. The van der Waals surface area contributed by atoms with Crippen molar-refractivity contribution in [2.75, 3.05) is 25.3 Å². The number of carbonyl (C=O) groups excluding carboxylic acids is 1. The third-order valence-corrected chi connectivity index (χ3v) is 7.17. The average Bonchev–Trinajstić information content (AvgIpc) is 3.23. The van der Waals surface area contributed by atoms with E-state index in [0.29, 0.717) is 33.9 Å². The maximum atomic E-state index is 12.7. The van der Waals surface area contributed by atoms with Gasteiger partial charge in [-0.2, -0.15) is 5.26 Å². The Balaban J connectivity index is 1.74. The zero-order chi connectivity index (χ0) is 25.4. The van der Waals surface area contributed by atoms with Crippen molar-refractivity contribution >= 4 is 48.5 Å². The molecule has 0 aliphatic carbocycles. The highest BCUT2D eigenvalue weighted by Gasteiger charge is 2.15. The summed E-state index contributed by atoms with van der Waals surface area (Å²) in [6.07, 6.45) is 6.97. The Labute approximate surface area is 209 Å². The van der Waals surface area contributed by atoms with Gasteiger partial charge < -0.3 is 9.47 Å². The van der Waals surface area contributed by atoms with Gasteiger partial charge in [-0.15, -0.1) is 0 Å². The molecule has 0 saturated heterocycles. The summed E-state index contributed by atoms with van der Waals surface area (Å²) in [5, 5.41) is 12.4. The minimum absolute atomic E-state index is 0.114. The van der Waals surface area contributed by atoms with Crippen LogP contribution in [0, 0.1) is 11.3 Å². The highest BCUT2D eigenvalue weighted by molar-refractivity contribution is 7.90. The molecule has 0 fully saturated rings. The summed E-state index contributed by atoms with van der Waals surface area (Å²) in [5.74, 6) is 0.497. The summed E-state index contributed by atoms with van der Waals surface area (Å²) >= 11 is 1.13. The lowest BCUT2D eigenvalue weighted by molar-refractivity contribution is -0.112. The van der Waals surface area contributed by atoms with E-state index in [1.54, 1.807) is 24.3 Å². The molecule has 0 spiro atoms. The SMILES string of the molecule is CCCCCCOc1ccc(/C=C(\C#N)C(=O)Nc2nc3ccc(S(C)(=O)=O)cc3s2)cc1OC. The highest BCUT2D eigenvalue weighted by atomic mass is 32.2. The number of amides is 1. The Kier molecular flexibility index (Phi) is 8.84. The first kappa shape index (κ1) is 26.2. The lowest BCUT2D eigenvalue weighted by Gasteiger charge is -2.11. The number of methoxy groups -OCH3 is 1. The predicted octanol–water partition coefficient (Wildman–Crippen LogP) is 5.21. The quantitative estimate of drug-likeness (QED) is 0.212. The Bertz CT molecular complexity index is 1390. The molecule has 3 rings (SSSR count). The Morgan fingerprint density at radius 1 is 1.17 bits per heavy atom. The first-order valence-corrected chi connectivity index (χ1v) is 13.8. The van der Waals surface area contributed by atoms with Crippen LogP contribution in [0.5, 0.6) is 11.5 Å². The third-order valence-electron chi connectivity index (χ3n) is 5.13. The van der Waals surface area contributed by atoms with Crippen molar-refractivity contribution in [1.82, 2.24) is 4.98 Å². The molecule has 0 radical (unpaired) electrons. The maximum Gasteiger partial charge on any atom is 0.268 e. The molecule has 0 atom stereocenters. The lowest BCUT2D eigenvalue weighted by atomic mass is 10.1. The summed E-state index contributed by atoms with van der Waals surface area (Å²) in [4.78, 5) is 17.2. The Hall–Kier alpha value is -3.42. The first-order chi connectivity index (χ1) is 16.7. The molecule has 0 aliphatic rings. The number of sulfone groups is 1. The zero-order valence-electron chi connectivity index (χ0n) is 19.8. The first-order valence-electron chi connectivity index (χ1n) is 11.1. The van der Waals surface area contributed by atoms with Crippen LogP contribution >= 0.6 is 11.3 Å². The van der Waals surface area contributed by atoms with Gasteiger partial charge in [-0.05, 0) is 48.4 Å². The number of nitriles is 1. The monoisotopic (exact) mass is 513 g/mol. The highest BCUT2D eigenvalue weighted by Crippen LogP contribution is 2.30. The largest absolute Gasteiger partial charge is 0.493 e. The molecule has 0 unspecified atom stereocenters. The number of rotatable bonds is 11. The van der Waals surface area contributed by atoms with E-state index >= 15 is 0 Å². The number of hydrogen-bond acceptors (Lipinski definition) is 8. The molecule has 8 nitrogen and oxygen atoms in total. The zero-order valence-corrected chi connectivity index (χ0v) is 21.5. The van der Waals surface area contributed by atoms with Gasteiger partial charge in [0.25, 0.3) is 5.91 Å². The molecule has 3 aromatic rings. The number of nitrogens with one attached hydrogen (secondary N) is 1. The molecule has 184 valence electrons. The van der Waals surface area contributed by atoms with Gasteiger partial charge in [0, 0.05) is 6.26 Å². The standard InChI is InChI=1S/C25H27N3O5S2/c1-4-5-6-7-12-33-21-11-8-17(14-22(21)32-2)13-18(16-26)24(29)28-25-27-20-10-9-19(35(3,30)31)15-23(20)34-25/h8-11,13-15H,4-7,12H2,1-3H3,(H,27,28,29)/b18-13+. The van der Waals surface area contributed by atoms with Crippen molar-refractivity contribution in [2.45, 2.75) is 37.5 Å². The van der Waals surface area contributed by atoms with E-state index in [0.717, 1.165) is 36.9 Å². The van der Waals surface area contributed by atoms with E-state index in [1.807, 2.05) is 6.07 Å². The molecule has 1 N–H and O–H groups in total. The number of benzene rings is 2. The average molecular weight is 514 g/mol. The number of fused-ring (bicyclic) bond motifs is 1. The smallest absolute Gasteiger partial charge is 0.268 e. The van der Waals surface area contributed by atoms with Gasteiger partial charge in [0.2, 0.25) is 0 Å². The van der Waals surface area contributed by atoms with Gasteiger partial charge in [-0.1, -0.05) is 43.6 Å². The fourth-order valence-electron chi connectivity index (χ4n) is 3.27. The topological polar surface area (TPSA) is 118 Å². The number of ether oxygens (including phenoxy) is 2. The number of nitrogens with zero attached hydrogens (tertiary/aromatic N) is 2. The van der Waals surface area contributed by atoms with Crippen molar-refractivity contribution in [3.05, 3.63) is 47.5 Å². The normalized spacial score (nSPS) is 11.8. The summed E-state index contributed by atoms with van der Waals surface area (Å²) in [5.41, 5.74) is 1.04. The number of hydrogen-bond donors (Lipinski definition) is 1. The molecule has 1 heterocycles. The van der Waals surface area contributed by atoms with Crippen LogP contribution in [0.3, 0.4) is 0 Å². The van der Waals surface area contributed by atoms with E-state index in [4.69, 9.17) is 9.47 Å². The third kappa shape index (κ3) is 7.04. The van der Waals surface area contributed by atoms with Gasteiger partial charge in [0.15, 0.2) is 26.5 Å². The van der Waals surface area contributed by atoms with Crippen LogP contribution in [-0.4, -0.2) is 39.3 Å². The molecular weight excluding hydrogens is 486 g/mol. The van der Waals surface area contributed by atoms with Crippen molar-refractivity contribution in [3.63, 3.8) is 0 Å². The number of anilines is 1. The van der Waals surface area contributed by atoms with E-state index < -0.39 is 15.7 Å². The number of unbranched alkanes of at least 4 members (excludes halogenated alkanes) is 3. The second kappa shape index (κ2) is 11.8. The Morgan fingerprint density at radius 2 is 1.97 bits per heavy atom. The minimum atomic E-state index is -3.36. The van der Waals surface area contributed by atoms with Gasteiger partial charge in [0.1, 0.15) is 11.6 Å². The van der Waals surface area contributed by atoms with Crippen LogP contribution in [-0.2, 0) is 14.6 Å². The predicted molar refractivity (Wildman–Crippen MR) is 138 cm³/mol. The summed E-state index contributed by atoms with van der Waals surface area (Å²) in [7, 11) is -1.82. The van der Waals surface area contributed by atoms with Crippen LogP contribution in [0.4, 0.5) is 5.13 Å². The van der Waals surface area contributed by atoms with Crippen molar-refractivity contribution in [1.29, 1.82) is 5.26 Å². The molecule has 2 aromatic carbocycles. The lowest BCUT2D eigenvalue weighted by Crippen LogP contribution is -2.13. The summed E-state index contributed by atoms with van der Waals surface area (Å²) in [6, 6.07) is 11.7. The fourth-order valence-corrected chi connectivity index (χ4v) is 4.89. The van der Waals surface area contributed by atoms with Crippen LogP contribution in [0.15, 0.2) is 46.9 Å². The molecule has 1 amide bonds. The van der Waals surface area contributed by atoms with E-state index in [2.05, 4.69) is 17.2 Å². The van der Waals surface area contributed by atoms with Crippen LogP contribution < -0.4 is 14.8 Å². The van der Waals surface area contributed by atoms with Crippen molar-refractivity contribution < 1.29 is 22.7 Å². The molecule has 0 aliphatic heterocycles. The Morgan fingerprint density at radius 3 is 2.66 bits per heavy atom. The second-order valence-corrected chi connectivity index (χ2v) is 10.9. The van der Waals surface area contributed by atoms with Crippen molar-refractivity contribution in [2.24, 2.45) is 0 Å². The molecule has 35 heavy (non-hydrogen) atoms. The maximum absolute atomic E-state index is 12.7. The van der Waals surface area contributed by atoms with Gasteiger partial charge in [-0.3, -0.25) is 10.1 Å². The molecule has 10 heteroatoms. The van der Waals surface area contributed by atoms with E-state index in [-0.39, 0.29) is 15.6 Å². The van der Waals surface area contributed by atoms with E-state index in [1.165, 1.54) is 31.7 Å². The molecule has 0 saturated carbocycles. The van der Waals surface area contributed by atoms with Gasteiger partial charge in [-0.25, -0.2) is 13.4 Å². The van der Waals surface area contributed by atoms with Crippen LogP contribution in [0.2, 0.25) is 0 Å². The molecular formula is C25H27N3O5S2. The number of carbonyl (C=O) groups is 1. The van der Waals surface area contributed by atoms with Crippen molar-refractivity contribution in [3.8, 4) is 17.6 Å². The summed E-state index contributed by atoms with van der Waals surface area (Å²) in [6.45, 7) is 2.74. The van der Waals surface area contributed by atoms with Crippen LogP contribution in [0.25, 0.3) is 16.3 Å². The number of thiazole rings is 1. The van der Waals surface area contributed by atoms with Crippen LogP contribution in [0.1, 0.15) is 38.2 Å².